The number of carbonyl (C=O) groups excluding carboxylic acids is 1. The van der Waals surface area contributed by atoms with Crippen molar-refractivity contribution in [3.05, 3.63) is 45.4 Å². The summed E-state index contributed by atoms with van der Waals surface area (Å²) < 4.78 is 0. The van der Waals surface area contributed by atoms with Gasteiger partial charge in [-0.15, -0.1) is 11.3 Å². The highest BCUT2D eigenvalue weighted by atomic mass is 35.5. The molecule has 4 nitrogen and oxygen atoms in total. The van der Waals surface area contributed by atoms with Gasteiger partial charge >= 0.3 is 0 Å². The van der Waals surface area contributed by atoms with Crippen LogP contribution in [0, 0.1) is 12.8 Å². The van der Waals surface area contributed by atoms with Crippen LogP contribution in [0.3, 0.4) is 0 Å². The number of halogens is 1. The Labute approximate surface area is 138 Å². The topological polar surface area (TPSA) is 54.0 Å². The Bertz CT molecular complexity index is 680. The highest BCUT2D eigenvalue weighted by Gasteiger charge is 2.23. The van der Waals surface area contributed by atoms with Gasteiger partial charge in [-0.1, -0.05) is 29.8 Å². The highest BCUT2D eigenvalue weighted by molar-refractivity contribution is 7.15. The fourth-order valence-corrected chi connectivity index (χ4v) is 3.74. The molecule has 1 aliphatic heterocycles. The summed E-state index contributed by atoms with van der Waals surface area (Å²) in [7, 11) is 0. The van der Waals surface area contributed by atoms with Crippen molar-refractivity contribution in [2.45, 2.75) is 19.8 Å². The highest BCUT2D eigenvalue weighted by Crippen LogP contribution is 2.28. The van der Waals surface area contributed by atoms with E-state index in [0.717, 1.165) is 47.1 Å². The number of aryl methyl sites for hydroxylation is 1. The zero-order chi connectivity index (χ0) is 15.5. The molecule has 6 heteroatoms. The van der Waals surface area contributed by atoms with Crippen LogP contribution in [-0.4, -0.2) is 24.0 Å². The predicted octanol–water partition coefficient (Wildman–Crippen LogP) is 3.24. The lowest BCUT2D eigenvalue weighted by Crippen LogP contribution is -2.24. The average Bonchev–Trinajstić information content (AvgIpc) is 3.12. The summed E-state index contributed by atoms with van der Waals surface area (Å²) in [4.78, 5) is 17.7. The monoisotopic (exact) mass is 335 g/mol. The zero-order valence-electron chi connectivity index (χ0n) is 12.4. The van der Waals surface area contributed by atoms with E-state index in [1.165, 1.54) is 11.3 Å². The fourth-order valence-electron chi connectivity index (χ4n) is 2.55. The number of hydrogen-bond acceptors (Lipinski definition) is 4. The summed E-state index contributed by atoms with van der Waals surface area (Å²) in [6.45, 7) is 3.63. The van der Waals surface area contributed by atoms with E-state index in [4.69, 9.17) is 11.6 Å². The van der Waals surface area contributed by atoms with Gasteiger partial charge in [0, 0.05) is 22.9 Å². The molecule has 1 atom stereocenters. The van der Waals surface area contributed by atoms with Crippen LogP contribution in [0.2, 0.25) is 5.02 Å². The Morgan fingerprint density at radius 3 is 3.05 bits per heavy atom. The maximum absolute atomic E-state index is 12.1. The number of nitrogens with one attached hydrogen (secondary N) is 2. The predicted molar refractivity (Wildman–Crippen MR) is 90.7 cm³/mol. The number of aromatic nitrogens is 1. The quantitative estimate of drug-likeness (QED) is 0.901. The molecule has 0 spiro atoms. The Hall–Kier alpha value is -1.43. The third-order valence-corrected chi connectivity index (χ3v) is 5.30. The molecule has 2 aromatic rings. The van der Waals surface area contributed by atoms with Crippen molar-refractivity contribution < 1.29 is 4.79 Å². The Morgan fingerprint density at radius 2 is 2.32 bits per heavy atom. The lowest BCUT2D eigenvalue weighted by atomic mass is 10.1. The molecule has 0 bridgehead atoms. The van der Waals surface area contributed by atoms with Crippen molar-refractivity contribution in [3.8, 4) is 0 Å². The van der Waals surface area contributed by atoms with E-state index in [1.807, 2.05) is 31.2 Å². The summed E-state index contributed by atoms with van der Waals surface area (Å²) in [6.07, 6.45) is 1.63. The summed E-state index contributed by atoms with van der Waals surface area (Å²) in [5.74, 6) is 0.110. The molecule has 3 rings (SSSR count). The maximum atomic E-state index is 12.1. The van der Waals surface area contributed by atoms with Crippen molar-refractivity contribution in [2.75, 3.05) is 18.4 Å². The van der Waals surface area contributed by atoms with E-state index >= 15 is 0 Å². The number of anilines is 1. The molecule has 2 heterocycles. The number of hydrogen-bond donors (Lipinski definition) is 2. The SMILES string of the molecule is Cc1nc(NC(=O)C2CCNC2)sc1Cc1ccccc1Cl. The molecule has 1 unspecified atom stereocenters. The lowest BCUT2D eigenvalue weighted by molar-refractivity contribution is -0.119. The fraction of sp³-hybridized carbons (Fsp3) is 0.375. The molecule has 1 fully saturated rings. The number of amides is 1. The Morgan fingerprint density at radius 1 is 1.50 bits per heavy atom. The summed E-state index contributed by atoms with van der Waals surface area (Å²) in [6, 6.07) is 7.81. The zero-order valence-corrected chi connectivity index (χ0v) is 13.9. The van der Waals surface area contributed by atoms with Crippen LogP contribution in [0.15, 0.2) is 24.3 Å². The van der Waals surface area contributed by atoms with Crippen molar-refractivity contribution in [1.82, 2.24) is 10.3 Å². The second-order valence-electron chi connectivity index (χ2n) is 5.47. The smallest absolute Gasteiger partial charge is 0.230 e. The molecule has 1 aromatic heterocycles. The number of nitrogens with zero attached hydrogens (tertiary/aromatic N) is 1. The van der Waals surface area contributed by atoms with Gasteiger partial charge in [-0.3, -0.25) is 4.79 Å². The molecule has 22 heavy (non-hydrogen) atoms. The minimum absolute atomic E-state index is 0.0521. The number of benzene rings is 1. The van der Waals surface area contributed by atoms with Gasteiger partial charge in [-0.2, -0.15) is 0 Å². The third kappa shape index (κ3) is 3.48. The first-order valence-electron chi connectivity index (χ1n) is 7.35. The van der Waals surface area contributed by atoms with Crippen LogP contribution in [0.25, 0.3) is 0 Å². The van der Waals surface area contributed by atoms with E-state index in [-0.39, 0.29) is 11.8 Å². The van der Waals surface area contributed by atoms with Gasteiger partial charge in [0.1, 0.15) is 0 Å². The van der Waals surface area contributed by atoms with Crippen molar-refractivity contribution >= 4 is 34.0 Å². The second kappa shape index (κ2) is 6.77. The van der Waals surface area contributed by atoms with Crippen LogP contribution in [0.5, 0.6) is 0 Å². The van der Waals surface area contributed by atoms with Crippen LogP contribution in [-0.2, 0) is 11.2 Å². The second-order valence-corrected chi connectivity index (χ2v) is 6.97. The van der Waals surface area contributed by atoms with Crippen LogP contribution in [0.4, 0.5) is 5.13 Å². The van der Waals surface area contributed by atoms with Crippen LogP contribution in [0.1, 0.15) is 22.6 Å². The van der Waals surface area contributed by atoms with E-state index in [0.29, 0.717) is 5.13 Å². The van der Waals surface area contributed by atoms with Crippen molar-refractivity contribution in [2.24, 2.45) is 5.92 Å². The van der Waals surface area contributed by atoms with Gasteiger partial charge < -0.3 is 10.6 Å². The maximum Gasteiger partial charge on any atom is 0.230 e. The average molecular weight is 336 g/mol. The minimum Gasteiger partial charge on any atom is -0.316 e. The number of thiazole rings is 1. The molecule has 1 saturated heterocycles. The van der Waals surface area contributed by atoms with Gasteiger partial charge in [0.15, 0.2) is 5.13 Å². The van der Waals surface area contributed by atoms with Crippen LogP contribution >= 0.6 is 22.9 Å². The summed E-state index contributed by atoms with van der Waals surface area (Å²) >= 11 is 7.74. The molecule has 0 saturated carbocycles. The van der Waals surface area contributed by atoms with Crippen molar-refractivity contribution in [3.63, 3.8) is 0 Å². The van der Waals surface area contributed by atoms with Gasteiger partial charge in [-0.05, 0) is 31.5 Å². The van der Waals surface area contributed by atoms with Gasteiger partial charge in [-0.25, -0.2) is 4.98 Å². The first-order chi connectivity index (χ1) is 10.6. The standard InChI is InChI=1S/C16H18ClN3OS/c1-10-14(8-11-4-2-3-5-13(11)17)22-16(19-10)20-15(21)12-6-7-18-9-12/h2-5,12,18H,6-9H2,1H3,(H,19,20,21). The Balaban J connectivity index is 1.71. The van der Waals surface area contributed by atoms with E-state index in [1.54, 1.807) is 0 Å². The van der Waals surface area contributed by atoms with Gasteiger partial charge in [0.05, 0.1) is 11.6 Å². The molecule has 1 amide bonds. The largest absolute Gasteiger partial charge is 0.316 e. The molecule has 116 valence electrons. The van der Waals surface area contributed by atoms with E-state index in [9.17, 15) is 4.79 Å². The lowest BCUT2D eigenvalue weighted by Gasteiger charge is -2.06. The molecule has 0 radical (unpaired) electrons. The normalized spacial score (nSPS) is 17.6. The van der Waals surface area contributed by atoms with Gasteiger partial charge in [0.25, 0.3) is 0 Å². The first kappa shape index (κ1) is 15.5. The molecule has 2 N–H and O–H groups in total. The molecule has 1 aromatic carbocycles. The number of carbonyl (C=O) groups is 1. The van der Waals surface area contributed by atoms with Crippen molar-refractivity contribution in [1.29, 1.82) is 0 Å². The summed E-state index contributed by atoms with van der Waals surface area (Å²) in [5.41, 5.74) is 2.03. The molecule has 1 aliphatic rings. The summed E-state index contributed by atoms with van der Waals surface area (Å²) in [5, 5.41) is 7.58. The number of rotatable bonds is 4. The molecular formula is C16H18ClN3OS. The first-order valence-corrected chi connectivity index (χ1v) is 8.54. The van der Waals surface area contributed by atoms with E-state index in [2.05, 4.69) is 15.6 Å². The Kier molecular flexibility index (Phi) is 4.76. The van der Waals surface area contributed by atoms with Gasteiger partial charge in [0.2, 0.25) is 5.91 Å². The minimum atomic E-state index is 0.0521. The van der Waals surface area contributed by atoms with E-state index < -0.39 is 0 Å². The third-order valence-electron chi connectivity index (χ3n) is 3.86. The van der Waals surface area contributed by atoms with Crippen LogP contribution < -0.4 is 10.6 Å². The molecular weight excluding hydrogens is 318 g/mol. The molecule has 0 aliphatic carbocycles.